The van der Waals surface area contributed by atoms with Crippen molar-refractivity contribution in [3.63, 3.8) is 0 Å². The molecule has 1 aromatic carbocycles. The number of likely N-dealkylation sites (N-methyl/N-ethyl adjacent to an activating group) is 1. The fraction of sp³-hybridized carbons (Fsp3) is 0.321. The summed E-state index contributed by atoms with van der Waals surface area (Å²) in [6, 6.07) is 11.4. The molecule has 0 radical (unpaired) electrons. The standard InChI is InChI=1S/C28H30FN7O4/c1-28(26(37)32-20-8-11-30-12-9-20)16-39-25(40-17-28)24-34-22(18-4-6-19(29)7-5-18)23(35-24)21-10-13-31-27(33-21)38-15-14-36(2)3/h4-13,25H,14-17H2,1-3H3,(H,34,35)(H,30,32,37). The largest absolute Gasteiger partial charge is 0.462 e. The number of ether oxygens (including phenoxy) is 3. The Morgan fingerprint density at radius 3 is 2.52 bits per heavy atom. The summed E-state index contributed by atoms with van der Waals surface area (Å²) in [5, 5.41) is 2.87. The molecule has 0 bridgehead atoms. The molecule has 1 fully saturated rings. The van der Waals surface area contributed by atoms with Crippen molar-refractivity contribution in [1.29, 1.82) is 0 Å². The van der Waals surface area contributed by atoms with Crippen molar-refractivity contribution in [3.05, 3.63) is 72.7 Å². The number of H-pyrrole nitrogens is 1. The number of nitrogens with zero attached hydrogens (tertiary/aromatic N) is 5. The summed E-state index contributed by atoms with van der Waals surface area (Å²) >= 11 is 0. The van der Waals surface area contributed by atoms with Crippen LogP contribution in [0.4, 0.5) is 10.1 Å². The number of pyridine rings is 1. The van der Waals surface area contributed by atoms with Crippen LogP contribution in [0.2, 0.25) is 0 Å². The molecule has 2 N–H and O–H groups in total. The van der Waals surface area contributed by atoms with Crippen LogP contribution in [0.15, 0.2) is 61.1 Å². The number of hydrogen-bond donors (Lipinski definition) is 2. The van der Waals surface area contributed by atoms with Crippen LogP contribution in [0.3, 0.4) is 0 Å². The van der Waals surface area contributed by atoms with E-state index >= 15 is 0 Å². The number of aromatic nitrogens is 5. The van der Waals surface area contributed by atoms with Gasteiger partial charge >= 0.3 is 6.01 Å². The van der Waals surface area contributed by atoms with Gasteiger partial charge in [0.25, 0.3) is 0 Å². The highest BCUT2D eigenvalue weighted by atomic mass is 19.1. The van der Waals surface area contributed by atoms with Crippen molar-refractivity contribution >= 4 is 11.6 Å². The van der Waals surface area contributed by atoms with Crippen LogP contribution in [0.1, 0.15) is 19.0 Å². The number of halogens is 1. The molecular weight excluding hydrogens is 517 g/mol. The Kier molecular flexibility index (Phi) is 8.10. The minimum Gasteiger partial charge on any atom is -0.462 e. The summed E-state index contributed by atoms with van der Waals surface area (Å²) in [5.41, 5.74) is 2.02. The Hall–Kier alpha value is -4.26. The van der Waals surface area contributed by atoms with Gasteiger partial charge in [0.1, 0.15) is 12.4 Å². The summed E-state index contributed by atoms with van der Waals surface area (Å²) in [7, 11) is 3.90. The van der Waals surface area contributed by atoms with Crippen molar-refractivity contribution in [2.45, 2.75) is 13.2 Å². The van der Waals surface area contributed by atoms with E-state index < -0.39 is 11.7 Å². The summed E-state index contributed by atoms with van der Waals surface area (Å²) in [6.07, 6.45) is 3.95. The smallest absolute Gasteiger partial charge is 0.316 e. The van der Waals surface area contributed by atoms with Crippen LogP contribution in [0, 0.1) is 11.2 Å². The zero-order chi connectivity index (χ0) is 28.1. The second-order valence-corrected chi connectivity index (χ2v) is 9.93. The third-order valence-corrected chi connectivity index (χ3v) is 6.32. The Morgan fingerprint density at radius 1 is 1.10 bits per heavy atom. The number of anilines is 1. The van der Waals surface area contributed by atoms with E-state index in [0.29, 0.717) is 47.3 Å². The van der Waals surface area contributed by atoms with Crippen LogP contribution in [0.25, 0.3) is 22.6 Å². The molecule has 0 saturated carbocycles. The quantitative estimate of drug-likeness (QED) is 0.322. The Balaban J connectivity index is 1.37. The van der Waals surface area contributed by atoms with Gasteiger partial charge in [-0.25, -0.2) is 14.4 Å². The number of amides is 1. The Bertz CT molecular complexity index is 1440. The first-order valence-corrected chi connectivity index (χ1v) is 12.7. The average Bonchev–Trinajstić information content (AvgIpc) is 3.40. The van der Waals surface area contributed by atoms with Crippen LogP contribution in [-0.4, -0.2) is 76.2 Å². The summed E-state index contributed by atoms with van der Waals surface area (Å²) in [5.74, 6) is -0.199. The molecule has 1 saturated heterocycles. The van der Waals surface area contributed by atoms with Gasteiger partial charge in [-0.05, 0) is 63.5 Å². The average molecular weight is 548 g/mol. The van der Waals surface area contributed by atoms with Crippen LogP contribution in [0.5, 0.6) is 6.01 Å². The number of carbonyl (C=O) groups is 1. The van der Waals surface area contributed by atoms with Crippen molar-refractivity contribution in [1.82, 2.24) is 29.8 Å². The molecule has 0 aliphatic carbocycles. The molecule has 208 valence electrons. The second kappa shape index (κ2) is 11.9. The monoisotopic (exact) mass is 547 g/mol. The molecule has 1 amide bonds. The lowest BCUT2D eigenvalue weighted by atomic mass is 9.91. The molecule has 4 heterocycles. The lowest BCUT2D eigenvalue weighted by Crippen LogP contribution is -2.45. The molecule has 0 atom stereocenters. The van der Waals surface area contributed by atoms with Gasteiger partial charge in [-0.1, -0.05) is 0 Å². The maximum absolute atomic E-state index is 13.7. The number of benzene rings is 1. The molecule has 0 unspecified atom stereocenters. The van der Waals surface area contributed by atoms with Gasteiger partial charge in [0, 0.05) is 36.4 Å². The van der Waals surface area contributed by atoms with Crippen molar-refractivity contribution in [2.24, 2.45) is 5.41 Å². The number of imidazole rings is 1. The predicted molar refractivity (Wildman–Crippen MR) is 145 cm³/mol. The van der Waals surface area contributed by atoms with E-state index in [1.54, 1.807) is 55.8 Å². The predicted octanol–water partition coefficient (Wildman–Crippen LogP) is 3.70. The minimum atomic E-state index is -0.916. The van der Waals surface area contributed by atoms with Crippen LogP contribution in [-0.2, 0) is 14.3 Å². The van der Waals surface area contributed by atoms with Gasteiger partial charge in [-0.15, -0.1) is 0 Å². The number of nitrogens with one attached hydrogen (secondary N) is 2. The molecule has 12 heteroatoms. The lowest BCUT2D eigenvalue weighted by molar-refractivity contribution is -0.229. The van der Waals surface area contributed by atoms with Crippen molar-refractivity contribution < 1.29 is 23.4 Å². The number of aromatic amines is 1. The van der Waals surface area contributed by atoms with E-state index in [2.05, 4.69) is 25.3 Å². The normalized spacial score (nSPS) is 19.0. The number of rotatable bonds is 9. The lowest BCUT2D eigenvalue weighted by Gasteiger charge is -2.35. The molecule has 5 rings (SSSR count). The third kappa shape index (κ3) is 6.30. The minimum absolute atomic E-state index is 0.105. The van der Waals surface area contributed by atoms with Crippen molar-refractivity contribution in [3.8, 4) is 28.7 Å². The molecule has 11 nitrogen and oxygen atoms in total. The summed E-state index contributed by atoms with van der Waals surface area (Å²) in [6.45, 7) is 3.11. The molecule has 3 aromatic heterocycles. The first kappa shape index (κ1) is 27.3. The Labute approximate surface area is 230 Å². The molecule has 1 aliphatic heterocycles. The third-order valence-electron chi connectivity index (χ3n) is 6.32. The first-order chi connectivity index (χ1) is 19.3. The van der Waals surface area contributed by atoms with Gasteiger partial charge in [0.2, 0.25) is 12.2 Å². The SMILES string of the molecule is CN(C)CCOc1nccc(-c2[nH]c(C3OCC(C)(C(=O)Nc4ccncc4)CO3)nc2-c2ccc(F)cc2)n1. The van der Waals surface area contributed by atoms with E-state index in [9.17, 15) is 9.18 Å². The highest BCUT2D eigenvalue weighted by Gasteiger charge is 2.41. The highest BCUT2D eigenvalue weighted by Crippen LogP contribution is 2.36. The van der Waals surface area contributed by atoms with Gasteiger partial charge in [-0.2, -0.15) is 4.98 Å². The molecular formula is C28H30FN7O4. The van der Waals surface area contributed by atoms with Crippen LogP contribution < -0.4 is 10.1 Å². The highest BCUT2D eigenvalue weighted by molar-refractivity contribution is 5.95. The fourth-order valence-corrected chi connectivity index (χ4v) is 3.99. The second-order valence-electron chi connectivity index (χ2n) is 9.93. The van der Waals surface area contributed by atoms with Crippen molar-refractivity contribution in [2.75, 3.05) is 45.8 Å². The van der Waals surface area contributed by atoms with Crippen LogP contribution >= 0.6 is 0 Å². The van der Waals surface area contributed by atoms with E-state index in [4.69, 9.17) is 19.2 Å². The zero-order valence-corrected chi connectivity index (χ0v) is 22.4. The maximum Gasteiger partial charge on any atom is 0.316 e. The topological polar surface area (TPSA) is 127 Å². The molecule has 1 aliphatic rings. The number of hydrogen-bond acceptors (Lipinski definition) is 9. The van der Waals surface area contributed by atoms with E-state index in [-0.39, 0.29) is 30.9 Å². The summed E-state index contributed by atoms with van der Waals surface area (Å²) < 4.78 is 31.4. The van der Waals surface area contributed by atoms with E-state index in [1.165, 1.54) is 12.1 Å². The van der Waals surface area contributed by atoms with E-state index in [0.717, 1.165) is 0 Å². The van der Waals surface area contributed by atoms with Gasteiger partial charge in [0.15, 0.2) is 5.82 Å². The Morgan fingerprint density at radius 2 is 1.82 bits per heavy atom. The summed E-state index contributed by atoms with van der Waals surface area (Å²) in [4.78, 5) is 35.7. The maximum atomic E-state index is 13.7. The van der Waals surface area contributed by atoms with Gasteiger partial charge in [0.05, 0.1) is 35.7 Å². The van der Waals surface area contributed by atoms with Gasteiger partial charge < -0.3 is 29.4 Å². The van der Waals surface area contributed by atoms with Gasteiger partial charge in [-0.3, -0.25) is 9.78 Å². The molecule has 4 aromatic rings. The number of carbonyl (C=O) groups excluding carboxylic acids is 1. The zero-order valence-electron chi connectivity index (χ0n) is 22.4. The first-order valence-electron chi connectivity index (χ1n) is 12.7. The van der Waals surface area contributed by atoms with E-state index in [1.807, 2.05) is 19.0 Å². The fourth-order valence-electron chi connectivity index (χ4n) is 3.99. The molecule has 0 spiro atoms. The molecule has 40 heavy (non-hydrogen) atoms.